The average Bonchev–Trinajstić information content (AvgIpc) is 3.32. The van der Waals surface area contributed by atoms with E-state index >= 15 is 0 Å². The minimum Gasteiger partial charge on any atom is -0.338 e. The largest absolute Gasteiger partial charge is 0.338 e. The van der Waals surface area contributed by atoms with Gasteiger partial charge in [-0.25, -0.2) is 9.67 Å². The number of piperidine rings is 1. The van der Waals surface area contributed by atoms with Crippen molar-refractivity contribution in [2.75, 3.05) is 13.1 Å². The van der Waals surface area contributed by atoms with E-state index in [9.17, 15) is 4.79 Å². The van der Waals surface area contributed by atoms with Crippen LogP contribution in [0.15, 0.2) is 30.6 Å². The third-order valence-electron chi connectivity index (χ3n) is 5.36. The Balaban J connectivity index is 1.51. The van der Waals surface area contributed by atoms with Crippen molar-refractivity contribution in [3.8, 4) is 5.82 Å². The Morgan fingerprint density at radius 3 is 2.71 bits per heavy atom. The SMILES string of the molecule is CCc1c(C(=O)N2CCC(c3n[nH]c(=S)n3C)CC2)cnn1-c1ccccn1. The molecule has 0 bridgehead atoms. The normalized spacial score (nSPS) is 15.1. The zero-order valence-electron chi connectivity index (χ0n) is 16.0. The number of likely N-dealkylation sites (tertiary alicyclic amines) is 1. The highest BCUT2D eigenvalue weighted by atomic mass is 32.1. The molecule has 0 spiro atoms. The van der Waals surface area contributed by atoms with Gasteiger partial charge in [-0.3, -0.25) is 9.89 Å². The van der Waals surface area contributed by atoms with E-state index in [1.165, 1.54) is 0 Å². The Bertz CT molecular complexity index is 1030. The molecule has 0 aromatic carbocycles. The molecule has 0 aliphatic carbocycles. The third-order valence-corrected chi connectivity index (χ3v) is 5.73. The summed E-state index contributed by atoms with van der Waals surface area (Å²) in [6.07, 6.45) is 5.84. The molecule has 0 unspecified atom stereocenters. The number of nitrogens with zero attached hydrogens (tertiary/aromatic N) is 6. The van der Waals surface area contributed by atoms with Crippen molar-refractivity contribution in [2.24, 2.45) is 7.05 Å². The molecule has 1 amide bonds. The van der Waals surface area contributed by atoms with E-state index in [-0.39, 0.29) is 5.91 Å². The molecule has 0 saturated carbocycles. The van der Waals surface area contributed by atoms with Gasteiger partial charge in [-0.05, 0) is 43.6 Å². The number of rotatable bonds is 4. The van der Waals surface area contributed by atoms with Gasteiger partial charge in [0.05, 0.1) is 17.5 Å². The lowest BCUT2D eigenvalue weighted by Crippen LogP contribution is -2.38. The van der Waals surface area contributed by atoms with Crippen molar-refractivity contribution >= 4 is 18.1 Å². The second-order valence-electron chi connectivity index (χ2n) is 6.97. The molecule has 1 fully saturated rings. The van der Waals surface area contributed by atoms with E-state index < -0.39 is 0 Å². The number of carbonyl (C=O) groups is 1. The number of nitrogens with one attached hydrogen (secondary N) is 1. The van der Waals surface area contributed by atoms with Crippen LogP contribution in [0.25, 0.3) is 5.82 Å². The predicted octanol–water partition coefficient (Wildman–Crippen LogP) is 2.64. The maximum absolute atomic E-state index is 13.1. The number of pyridine rings is 1. The lowest BCUT2D eigenvalue weighted by molar-refractivity contribution is 0.0709. The molecular formula is C19H23N7OS. The maximum Gasteiger partial charge on any atom is 0.257 e. The van der Waals surface area contributed by atoms with Gasteiger partial charge in [-0.15, -0.1) is 0 Å². The van der Waals surface area contributed by atoms with Crippen LogP contribution in [-0.4, -0.2) is 53.4 Å². The minimum absolute atomic E-state index is 0.0350. The van der Waals surface area contributed by atoms with Crippen molar-refractivity contribution in [1.29, 1.82) is 0 Å². The van der Waals surface area contributed by atoms with Gasteiger partial charge in [0.1, 0.15) is 5.82 Å². The monoisotopic (exact) mass is 397 g/mol. The summed E-state index contributed by atoms with van der Waals surface area (Å²) in [7, 11) is 1.93. The second kappa shape index (κ2) is 7.67. The van der Waals surface area contributed by atoms with Gasteiger partial charge in [0.2, 0.25) is 0 Å². The van der Waals surface area contributed by atoms with Gasteiger partial charge in [-0.1, -0.05) is 13.0 Å². The smallest absolute Gasteiger partial charge is 0.257 e. The zero-order chi connectivity index (χ0) is 19.7. The Morgan fingerprint density at radius 2 is 2.11 bits per heavy atom. The number of aromatic amines is 1. The van der Waals surface area contributed by atoms with Crippen LogP contribution in [0.4, 0.5) is 0 Å². The fraction of sp³-hybridized carbons (Fsp3) is 0.421. The van der Waals surface area contributed by atoms with Crippen molar-refractivity contribution < 1.29 is 4.79 Å². The van der Waals surface area contributed by atoms with Crippen LogP contribution >= 0.6 is 12.2 Å². The quantitative estimate of drug-likeness (QED) is 0.684. The lowest BCUT2D eigenvalue weighted by atomic mass is 9.95. The molecule has 1 aliphatic rings. The molecule has 3 aromatic heterocycles. The molecule has 0 radical (unpaired) electrons. The van der Waals surface area contributed by atoms with Gasteiger partial charge >= 0.3 is 0 Å². The molecule has 4 heterocycles. The van der Waals surface area contributed by atoms with E-state index in [0.717, 1.165) is 30.2 Å². The molecule has 1 N–H and O–H groups in total. The number of carbonyl (C=O) groups excluding carboxylic acids is 1. The Morgan fingerprint density at radius 1 is 1.32 bits per heavy atom. The van der Waals surface area contributed by atoms with Crippen LogP contribution in [0, 0.1) is 4.77 Å². The Labute approximate surface area is 168 Å². The molecule has 3 aromatic rings. The zero-order valence-corrected chi connectivity index (χ0v) is 16.8. The molecule has 4 rings (SSSR count). The molecule has 1 aliphatic heterocycles. The molecule has 1 saturated heterocycles. The fourth-order valence-electron chi connectivity index (χ4n) is 3.80. The fourth-order valence-corrected chi connectivity index (χ4v) is 3.94. The van der Waals surface area contributed by atoms with Gasteiger partial charge in [0, 0.05) is 32.3 Å². The molecule has 8 nitrogen and oxygen atoms in total. The summed E-state index contributed by atoms with van der Waals surface area (Å²) in [6.45, 7) is 3.42. The number of H-pyrrole nitrogens is 1. The highest BCUT2D eigenvalue weighted by molar-refractivity contribution is 7.71. The summed E-state index contributed by atoms with van der Waals surface area (Å²) in [6, 6.07) is 5.67. The summed E-state index contributed by atoms with van der Waals surface area (Å²) >= 11 is 5.21. The molecule has 146 valence electrons. The van der Waals surface area contributed by atoms with Crippen LogP contribution in [0.5, 0.6) is 0 Å². The van der Waals surface area contributed by atoms with Crippen LogP contribution < -0.4 is 0 Å². The van der Waals surface area contributed by atoms with Crippen molar-refractivity contribution in [3.05, 3.63) is 52.4 Å². The van der Waals surface area contributed by atoms with Gasteiger partial charge in [-0.2, -0.15) is 10.2 Å². The van der Waals surface area contributed by atoms with Crippen LogP contribution in [-0.2, 0) is 13.5 Å². The number of hydrogen-bond donors (Lipinski definition) is 1. The van der Waals surface area contributed by atoms with E-state index in [1.807, 2.05) is 41.6 Å². The number of amides is 1. The highest BCUT2D eigenvalue weighted by Gasteiger charge is 2.29. The summed E-state index contributed by atoms with van der Waals surface area (Å²) in [4.78, 5) is 19.4. The third kappa shape index (κ3) is 3.26. The van der Waals surface area contributed by atoms with Gasteiger partial charge in [0.25, 0.3) is 5.91 Å². The molecule has 9 heteroatoms. The number of hydrogen-bond acceptors (Lipinski definition) is 5. The molecular weight excluding hydrogens is 374 g/mol. The summed E-state index contributed by atoms with van der Waals surface area (Å²) < 4.78 is 4.31. The standard InChI is InChI=1S/C19H23N7OS/c1-3-15-14(12-21-26(15)16-6-4-5-9-20-16)18(27)25-10-7-13(8-11-25)17-22-23-19(28)24(17)2/h4-6,9,12-13H,3,7-8,10-11H2,1-2H3,(H,23,28). The maximum atomic E-state index is 13.1. The van der Waals surface area contributed by atoms with Crippen molar-refractivity contribution in [1.82, 2.24) is 34.4 Å². The first-order valence-electron chi connectivity index (χ1n) is 9.49. The Hall–Kier alpha value is -2.81. The topological polar surface area (TPSA) is 84.6 Å². The number of aromatic nitrogens is 6. The van der Waals surface area contributed by atoms with Gasteiger partial charge < -0.3 is 9.47 Å². The summed E-state index contributed by atoms with van der Waals surface area (Å²) in [5.41, 5.74) is 1.55. The van der Waals surface area contributed by atoms with E-state index in [4.69, 9.17) is 12.2 Å². The second-order valence-corrected chi connectivity index (χ2v) is 7.36. The molecule has 0 atom stereocenters. The van der Waals surface area contributed by atoms with Crippen LogP contribution in [0.1, 0.15) is 47.6 Å². The van der Waals surface area contributed by atoms with Gasteiger partial charge in [0.15, 0.2) is 10.6 Å². The molecule has 28 heavy (non-hydrogen) atoms. The van der Waals surface area contributed by atoms with Crippen molar-refractivity contribution in [3.63, 3.8) is 0 Å². The summed E-state index contributed by atoms with van der Waals surface area (Å²) in [5.74, 6) is 2.04. The average molecular weight is 398 g/mol. The Kier molecular flexibility index (Phi) is 5.08. The van der Waals surface area contributed by atoms with Crippen LogP contribution in [0.3, 0.4) is 0 Å². The highest BCUT2D eigenvalue weighted by Crippen LogP contribution is 2.28. The van der Waals surface area contributed by atoms with E-state index in [0.29, 0.717) is 35.8 Å². The first kappa shape index (κ1) is 18.5. The summed E-state index contributed by atoms with van der Waals surface area (Å²) in [5, 5.41) is 11.6. The van der Waals surface area contributed by atoms with Crippen LogP contribution in [0.2, 0.25) is 0 Å². The first-order valence-corrected chi connectivity index (χ1v) is 9.89. The minimum atomic E-state index is 0.0350. The van der Waals surface area contributed by atoms with E-state index in [2.05, 4.69) is 20.3 Å². The lowest BCUT2D eigenvalue weighted by Gasteiger charge is -2.31. The predicted molar refractivity (Wildman–Crippen MR) is 107 cm³/mol. The van der Waals surface area contributed by atoms with E-state index in [1.54, 1.807) is 17.1 Å². The van der Waals surface area contributed by atoms with Crippen molar-refractivity contribution in [2.45, 2.75) is 32.1 Å². The first-order chi connectivity index (χ1) is 13.6.